The molecule has 0 fully saturated rings. The van der Waals surface area contributed by atoms with E-state index < -0.39 is 0 Å². The third kappa shape index (κ3) is 2.95. The summed E-state index contributed by atoms with van der Waals surface area (Å²) in [4.78, 5) is 15.5. The van der Waals surface area contributed by atoms with E-state index in [9.17, 15) is 4.79 Å². The molecule has 0 radical (unpaired) electrons. The number of anilines is 1. The van der Waals surface area contributed by atoms with Gasteiger partial charge in [0.25, 0.3) is 0 Å². The quantitative estimate of drug-likeness (QED) is 0.754. The lowest BCUT2D eigenvalue weighted by atomic mass is 10.0. The van der Waals surface area contributed by atoms with Crippen LogP contribution in [-0.4, -0.2) is 10.9 Å². The molecule has 1 aromatic heterocycles. The third-order valence-corrected chi connectivity index (χ3v) is 4.16. The molecule has 106 valence electrons. The van der Waals surface area contributed by atoms with Crippen molar-refractivity contribution in [1.29, 1.82) is 0 Å². The number of hydrogen-bond donors (Lipinski definition) is 1. The molecular weight excluding hydrogens is 280 g/mol. The Kier molecular flexibility index (Phi) is 3.47. The molecule has 3 rings (SSSR count). The van der Waals surface area contributed by atoms with Crippen LogP contribution in [0.15, 0.2) is 36.4 Å². The number of carbonyl (C=O) groups excluding carboxylic acids is 1. The fourth-order valence-corrected chi connectivity index (χ4v) is 3.40. The Balaban J connectivity index is 2.05. The van der Waals surface area contributed by atoms with Crippen molar-refractivity contribution in [2.45, 2.75) is 20.8 Å². The molecule has 0 unspecified atom stereocenters. The van der Waals surface area contributed by atoms with Gasteiger partial charge in [-0.15, -0.1) is 0 Å². The lowest BCUT2D eigenvalue weighted by molar-refractivity contribution is -0.114. The zero-order chi connectivity index (χ0) is 15.0. The van der Waals surface area contributed by atoms with Crippen molar-refractivity contribution in [1.82, 2.24) is 4.98 Å². The lowest BCUT2D eigenvalue weighted by Crippen LogP contribution is -2.04. The molecule has 0 atom stereocenters. The minimum atomic E-state index is -0.0939. The minimum absolute atomic E-state index is 0.0939. The molecule has 21 heavy (non-hydrogen) atoms. The molecule has 3 nitrogen and oxygen atoms in total. The predicted octanol–water partition coefficient (Wildman–Crippen LogP) is 4.54. The van der Waals surface area contributed by atoms with Crippen molar-refractivity contribution in [3.05, 3.63) is 47.5 Å². The largest absolute Gasteiger partial charge is 0.302 e. The van der Waals surface area contributed by atoms with Crippen LogP contribution in [0.4, 0.5) is 5.13 Å². The number of thiazole rings is 1. The molecule has 4 heteroatoms. The monoisotopic (exact) mass is 296 g/mol. The van der Waals surface area contributed by atoms with Crippen molar-refractivity contribution in [3.63, 3.8) is 0 Å². The van der Waals surface area contributed by atoms with Crippen LogP contribution < -0.4 is 5.32 Å². The molecule has 0 bridgehead atoms. The Morgan fingerprint density at radius 3 is 2.43 bits per heavy atom. The summed E-state index contributed by atoms with van der Waals surface area (Å²) in [6.07, 6.45) is 0. The van der Waals surface area contributed by atoms with E-state index in [4.69, 9.17) is 0 Å². The molecule has 0 saturated heterocycles. The SMILES string of the molecule is CC(=O)Nc1nc2ccc(-c3cc(C)cc(C)c3)cc2s1. The van der Waals surface area contributed by atoms with Gasteiger partial charge >= 0.3 is 0 Å². The second-order valence-electron chi connectivity index (χ2n) is 5.26. The van der Waals surface area contributed by atoms with E-state index in [1.54, 1.807) is 0 Å². The second kappa shape index (κ2) is 5.30. The Labute approximate surface area is 127 Å². The number of fused-ring (bicyclic) bond motifs is 1. The van der Waals surface area contributed by atoms with E-state index in [1.807, 2.05) is 6.07 Å². The average molecular weight is 296 g/mol. The molecule has 0 aliphatic carbocycles. The molecule has 0 saturated carbocycles. The third-order valence-electron chi connectivity index (χ3n) is 3.23. The maximum Gasteiger partial charge on any atom is 0.223 e. The van der Waals surface area contributed by atoms with Crippen LogP contribution in [0.1, 0.15) is 18.1 Å². The smallest absolute Gasteiger partial charge is 0.223 e. The fraction of sp³-hybridized carbons (Fsp3) is 0.176. The topological polar surface area (TPSA) is 42.0 Å². The molecule has 1 amide bonds. The molecule has 0 spiro atoms. The summed E-state index contributed by atoms with van der Waals surface area (Å²) in [7, 11) is 0. The zero-order valence-electron chi connectivity index (χ0n) is 12.2. The number of aromatic nitrogens is 1. The van der Waals surface area contributed by atoms with Crippen LogP contribution >= 0.6 is 11.3 Å². The maximum atomic E-state index is 11.1. The zero-order valence-corrected chi connectivity index (χ0v) is 13.0. The van der Waals surface area contributed by atoms with Crippen molar-refractivity contribution in [2.24, 2.45) is 0 Å². The van der Waals surface area contributed by atoms with E-state index >= 15 is 0 Å². The number of amides is 1. The molecule has 3 aromatic rings. The average Bonchev–Trinajstić information content (AvgIpc) is 2.77. The van der Waals surface area contributed by atoms with Gasteiger partial charge in [-0.25, -0.2) is 4.98 Å². The summed E-state index contributed by atoms with van der Waals surface area (Å²) in [5, 5.41) is 3.39. The van der Waals surface area contributed by atoms with Gasteiger partial charge < -0.3 is 5.32 Å². The van der Waals surface area contributed by atoms with Crippen LogP contribution in [0.3, 0.4) is 0 Å². The summed E-state index contributed by atoms with van der Waals surface area (Å²) in [5.41, 5.74) is 5.81. The van der Waals surface area contributed by atoms with Gasteiger partial charge in [0.05, 0.1) is 10.2 Å². The van der Waals surface area contributed by atoms with Gasteiger partial charge in [-0.05, 0) is 37.1 Å². The lowest BCUT2D eigenvalue weighted by Gasteiger charge is -2.05. The second-order valence-corrected chi connectivity index (χ2v) is 6.29. The molecule has 2 aromatic carbocycles. The standard InChI is InChI=1S/C17H16N2OS/c1-10-6-11(2)8-14(7-10)13-4-5-15-16(9-13)21-17(19-15)18-12(3)20/h4-9H,1-3H3,(H,18,19,20). The number of benzene rings is 2. The van der Waals surface area contributed by atoms with E-state index in [0.29, 0.717) is 5.13 Å². The van der Waals surface area contributed by atoms with Crippen LogP contribution in [0, 0.1) is 13.8 Å². The minimum Gasteiger partial charge on any atom is -0.302 e. The first-order valence-electron chi connectivity index (χ1n) is 6.78. The number of nitrogens with one attached hydrogen (secondary N) is 1. The van der Waals surface area contributed by atoms with E-state index in [0.717, 1.165) is 10.2 Å². The Morgan fingerprint density at radius 1 is 1.05 bits per heavy atom. The van der Waals surface area contributed by atoms with E-state index in [-0.39, 0.29) is 5.91 Å². The van der Waals surface area contributed by atoms with Crippen LogP contribution in [0.5, 0.6) is 0 Å². The number of nitrogens with zero attached hydrogens (tertiary/aromatic N) is 1. The van der Waals surface area contributed by atoms with E-state index in [2.05, 4.69) is 54.5 Å². The van der Waals surface area contributed by atoms with Gasteiger partial charge in [-0.3, -0.25) is 4.79 Å². The predicted molar refractivity (Wildman–Crippen MR) is 88.8 cm³/mol. The normalized spacial score (nSPS) is 10.8. The van der Waals surface area contributed by atoms with Gasteiger partial charge in [0.2, 0.25) is 5.91 Å². The van der Waals surface area contributed by atoms with Gasteiger partial charge in [-0.2, -0.15) is 0 Å². The van der Waals surface area contributed by atoms with Crippen LogP contribution in [-0.2, 0) is 4.79 Å². The Hall–Kier alpha value is -2.20. The van der Waals surface area contributed by atoms with Crippen molar-refractivity contribution in [2.75, 3.05) is 5.32 Å². The summed E-state index contributed by atoms with van der Waals surface area (Å²) in [6.45, 7) is 5.71. The summed E-state index contributed by atoms with van der Waals surface area (Å²) in [5.74, 6) is -0.0939. The van der Waals surface area contributed by atoms with Gasteiger partial charge in [0.15, 0.2) is 5.13 Å². The summed E-state index contributed by atoms with van der Waals surface area (Å²) < 4.78 is 1.08. The first-order valence-corrected chi connectivity index (χ1v) is 7.60. The number of carbonyl (C=O) groups is 1. The first kappa shape index (κ1) is 13.8. The number of hydrogen-bond acceptors (Lipinski definition) is 3. The van der Waals surface area contributed by atoms with Crippen molar-refractivity contribution in [3.8, 4) is 11.1 Å². The highest BCUT2D eigenvalue weighted by Gasteiger charge is 2.07. The summed E-state index contributed by atoms with van der Waals surface area (Å²) >= 11 is 1.50. The summed E-state index contributed by atoms with van der Waals surface area (Å²) in [6, 6.07) is 12.8. The molecule has 1 N–H and O–H groups in total. The van der Waals surface area contributed by atoms with Gasteiger partial charge in [-0.1, -0.05) is 46.7 Å². The van der Waals surface area contributed by atoms with Crippen LogP contribution in [0.25, 0.3) is 21.3 Å². The molecule has 0 aliphatic rings. The Bertz CT molecular complexity index is 816. The van der Waals surface area contributed by atoms with E-state index in [1.165, 1.54) is 40.5 Å². The van der Waals surface area contributed by atoms with Crippen molar-refractivity contribution >= 4 is 32.6 Å². The molecular formula is C17H16N2OS. The maximum absolute atomic E-state index is 11.1. The highest BCUT2D eigenvalue weighted by Crippen LogP contribution is 2.31. The van der Waals surface area contributed by atoms with Gasteiger partial charge in [0.1, 0.15) is 0 Å². The number of aryl methyl sites for hydroxylation is 2. The Morgan fingerprint density at radius 2 is 1.76 bits per heavy atom. The van der Waals surface area contributed by atoms with Gasteiger partial charge in [0, 0.05) is 6.92 Å². The molecule has 1 heterocycles. The number of rotatable bonds is 2. The van der Waals surface area contributed by atoms with Crippen molar-refractivity contribution < 1.29 is 4.79 Å². The fourth-order valence-electron chi connectivity index (χ4n) is 2.45. The highest BCUT2D eigenvalue weighted by molar-refractivity contribution is 7.22. The first-order chi connectivity index (χ1) is 10.0. The highest BCUT2D eigenvalue weighted by atomic mass is 32.1. The van der Waals surface area contributed by atoms with Crippen LogP contribution in [0.2, 0.25) is 0 Å². The molecule has 0 aliphatic heterocycles.